The normalized spacial score (nSPS) is 10.6. The number of aryl methyl sites for hydroxylation is 1. The van der Waals surface area contributed by atoms with Gasteiger partial charge < -0.3 is 0 Å². The lowest BCUT2D eigenvalue weighted by Crippen LogP contribution is -2.09. The van der Waals surface area contributed by atoms with E-state index in [-0.39, 0.29) is 11.1 Å². The standard InChI is InChI=1S/C14H8ClF2IO/c1-7-2-4-10(16)12(13(7)17)14(19)8-3-5-11(18)9(15)6-8/h2-6H,1H3. The Morgan fingerprint density at radius 1 is 1.21 bits per heavy atom. The van der Waals surface area contributed by atoms with Crippen LogP contribution in [0.2, 0.25) is 5.02 Å². The van der Waals surface area contributed by atoms with E-state index < -0.39 is 23.0 Å². The zero-order chi connectivity index (χ0) is 14.2. The number of hydrogen-bond acceptors (Lipinski definition) is 1. The molecule has 0 aliphatic carbocycles. The quantitative estimate of drug-likeness (QED) is 0.532. The fourth-order valence-electron chi connectivity index (χ4n) is 1.65. The summed E-state index contributed by atoms with van der Waals surface area (Å²) < 4.78 is 28.3. The molecule has 2 aromatic rings. The van der Waals surface area contributed by atoms with Gasteiger partial charge in [0.15, 0.2) is 5.78 Å². The number of carbonyl (C=O) groups is 1. The van der Waals surface area contributed by atoms with Gasteiger partial charge in [0.25, 0.3) is 0 Å². The monoisotopic (exact) mass is 392 g/mol. The van der Waals surface area contributed by atoms with Gasteiger partial charge in [-0.05, 0) is 59.3 Å². The molecule has 1 nitrogen and oxygen atoms in total. The van der Waals surface area contributed by atoms with Crippen LogP contribution in [0, 0.1) is 22.1 Å². The third-order valence-corrected chi connectivity index (χ3v) is 4.27. The minimum Gasteiger partial charge on any atom is -0.288 e. The van der Waals surface area contributed by atoms with Crippen molar-refractivity contribution >= 4 is 40.0 Å². The smallest absolute Gasteiger partial charge is 0.199 e. The van der Waals surface area contributed by atoms with Crippen molar-refractivity contribution in [2.24, 2.45) is 0 Å². The molecule has 0 saturated heterocycles. The van der Waals surface area contributed by atoms with Crippen LogP contribution in [0.15, 0.2) is 30.3 Å². The van der Waals surface area contributed by atoms with Gasteiger partial charge in [0.2, 0.25) is 0 Å². The van der Waals surface area contributed by atoms with Gasteiger partial charge in [-0.3, -0.25) is 4.79 Å². The maximum atomic E-state index is 13.9. The van der Waals surface area contributed by atoms with E-state index in [9.17, 15) is 13.6 Å². The minimum absolute atomic E-state index is 0.161. The van der Waals surface area contributed by atoms with E-state index in [1.807, 2.05) is 22.6 Å². The highest BCUT2D eigenvalue weighted by Crippen LogP contribution is 2.24. The number of benzene rings is 2. The molecule has 0 aliphatic rings. The van der Waals surface area contributed by atoms with Crippen LogP contribution in [0.5, 0.6) is 0 Å². The lowest BCUT2D eigenvalue weighted by molar-refractivity contribution is 0.103. The molecular formula is C14H8ClF2IO. The summed E-state index contributed by atoms with van der Waals surface area (Å²) >= 11 is 7.92. The highest BCUT2D eigenvalue weighted by Gasteiger charge is 2.21. The number of ketones is 1. The summed E-state index contributed by atoms with van der Waals surface area (Å²) in [6, 6.07) is 6.91. The lowest BCUT2D eigenvalue weighted by Gasteiger charge is -2.07. The van der Waals surface area contributed by atoms with E-state index in [0.717, 1.165) is 9.64 Å². The summed E-state index contributed by atoms with van der Waals surface area (Å²) in [5.41, 5.74) is -0.160. The second kappa shape index (κ2) is 5.54. The molecule has 19 heavy (non-hydrogen) atoms. The second-order valence-electron chi connectivity index (χ2n) is 4.01. The van der Waals surface area contributed by atoms with Gasteiger partial charge in [-0.25, -0.2) is 8.78 Å². The summed E-state index contributed by atoms with van der Waals surface area (Å²) in [7, 11) is 0. The van der Waals surface area contributed by atoms with E-state index in [4.69, 9.17) is 11.6 Å². The SMILES string of the molecule is Cc1ccc(F)c(C(=O)c2ccc(I)c(Cl)c2)c1F. The van der Waals surface area contributed by atoms with E-state index in [0.29, 0.717) is 5.02 Å². The molecule has 2 aromatic carbocycles. The number of halogens is 4. The van der Waals surface area contributed by atoms with Crippen molar-refractivity contribution in [3.8, 4) is 0 Å². The molecule has 0 atom stereocenters. The Labute approximate surface area is 127 Å². The summed E-state index contributed by atoms with van der Waals surface area (Å²) in [4.78, 5) is 12.2. The van der Waals surface area contributed by atoms with E-state index in [2.05, 4.69) is 0 Å². The zero-order valence-electron chi connectivity index (χ0n) is 9.81. The first-order chi connectivity index (χ1) is 8.91. The Hall–Kier alpha value is -1.01. The maximum absolute atomic E-state index is 13.9. The molecule has 0 unspecified atom stereocenters. The zero-order valence-corrected chi connectivity index (χ0v) is 12.7. The molecule has 0 N–H and O–H groups in total. The largest absolute Gasteiger partial charge is 0.288 e. The van der Waals surface area contributed by atoms with Crippen LogP contribution in [0.4, 0.5) is 8.78 Å². The molecule has 2 rings (SSSR count). The van der Waals surface area contributed by atoms with E-state index in [1.54, 1.807) is 6.07 Å². The van der Waals surface area contributed by atoms with Crippen molar-refractivity contribution in [1.29, 1.82) is 0 Å². The summed E-state index contributed by atoms with van der Waals surface area (Å²) in [6.45, 7) is 1.48. The van der Waals surface area contributed by atoms with Crippen molar-refractivity contribution in [2.75, 3.05) is 0 Å². The highest BCUT2D eigenvalue weighted by atomic mass is 127. The van der Waals surface area contributed by atoms with Gasteiger partial charge in [-0.15, -0.1) is 0 Å². The highest BCUT2D eigenvalue weighted by molar-refractivity contribution is 14.1. The van der Waals surface area contributed by atoms with Crippen molar-refractivity contribution in [3.05, 3.63) is 67.2 Å². The molecule has 0 fully saturated rings. The van der Waals surface area contributed by atoms with Crippen LogP contribution >= 0.6 is 34.2 Å². The molecule has 0 saturated carbocycles. The predicted octanol–water partition coefficient (Wildman–Crippen LogP) is 4.76. The average Bonchev–Trinajstić information content (AvgIpc) is 2.37. The van der Waals surface area contributed by atoms with Gasteiger partial charge in [-0.2, -0.15) is 0 Å². The summed E-state index contributed by atoms with van der Waals surface area (Å²) in [5.74, 6) is -2.42. The van der Waals surface area contributed by atoms with Gasteiger partial charge in [0.1, 0.15) is 11.6 Å². The first-order valence-corrected chi connectivity index (χ1v) is 6.82. The molecule has 98 valence electrons. The van der Waals surface area contributed by atoms with Crippen LogP contribution in [0.3, 0.4) is 0 Å². The molecule has 0 radical (unpaired) electrons. The van der Waals surface area contributed by atoms with E-state index >= 15 is 0 Å². The van der Waals surface area contributed by atoms with Crippen LogP contribution in [0.25, 0.3) is 0 Å². The van der Waals surface area contributed by atoms with Gasteiger partial charge in [0, 0.05) is 9.13 Å². The number of carbonyl (C=O) groups excluding carboxylic acids is 1. The molecule has 0 aromatic heterocycles. The van der Waals surface area contributed by atoms with Crippen LogP contribution < -0.4 is 0 Å². The molecule has 0 bridgehead atoms. The second-order valence-corrected chi connectivity index (χ2v) is 5.58. The Morgan fingerprint density at radius 2 is 1.89 bits per heavy atom. The van der Waals surface area contributed by atoms with Gasteiger partial charge >= 0.3 is 0 Å². The third-order valence-electron chi connectivity index (χ3n) is 2.69. The molecule has 0 spiro atoms. The van der Waals surface area contributed by atoms with Crippen molar-refractivity contribution in [3.63, 3.8) is 0 Å². The Morgan fingerprint density at radius 3 is 2.53 bits per heavy atom. The number of hydrogen-bond donors (Lipinski definition) is 0. The molecule has 0 aliphatic heterocycles. The van der Waals surface area contributed by atoms with Gasteiger partial charge in [-0.1, -0.05) is 17.7 Å². The first-order valence-electron chi connectivity index (χ1n) is 5.36. The molecule has 5 heteroatoms. The first kappa shape index (κ1) is 14.4. The lowest BCUT2D eigenvalue weighted by atomic mass is 10.0. The third kappa shape index (κ3) is 2.79. The summed E-state index contributed by atoms with van der Waals surface area (Å²) in [5, 5.41) is 0.375. The predicted molar refractivity (Wildman–Crippen MR) is 78.7 cm³/mol. The average molecular weight is 393 g/mol. The topological polar surface area (TPSA) is 17.1 Å². The van der Waals surface area contributed by atoms with Crippen LogP contribution in [-0.2, 0) is 0 Å². The minimum atomic E-state index is -0.872. The molecule has 0 amide bonds. The fraction of sp³-hybridized carbons (Fsp3) is 0.0714. The summed E-state index contributed by atoms with van der Waals surface area (Å²) in [6.07, 6.45) is 0. The fourth-order valence-corrected chi connectivity index (χ4v) is 2.16. The Bertz CT molecular complexity index is 671. The molecule has 0 heterocycles. The van der Waals surface area contributed by atoms with Gasteiger partial charge in [0.05, 0.1) is 10.6 Å². The Balaban J connectivity index is 2.56. The van der Waals surface area contributed by atoms with E-state index in [1.165, 1.54) is 25.1 Å². The molecular weight excluding hydrogens is 385 g/mol. The Kier molecular flexibility index (Phi) is 4.20. The van der Waals surface area contributed by atoms with Crippen molar-refractivity contribution in [2.45, 2.75) is 6.92 Å². The van der Waals surface area contributed by atoms with Crippen LogP contribution in [-0.4, -0.2) is 5.78 Å². The number of rotatable bonds is 2. The van der Waals surface area contributed by atoms with Crippen molar-refractivity contribution < 1.29 is 13.6 Å². The van der Waals surface area contributed by atoms with Crippen molar-refractivity contribution in [1.82, 2.24) is 0 Å². The maximum Gasteiger partial charge on any atom is 0.199 e. The van der Waals surface area contributed by atoms with Crippen LogP contribution in [0.1, 0.15) is 21.5 Å².